The van der Waals surface area contributed by atoms with Crippen LogP contribution in [0.4, 0.5) is 4.39 Å². The lowest BCUT2D eigenvalue weighted by Crippen LogP contribution is -2.47. The quantitative estimate of drug-likeness (QED) is 0.535. The molecule has 1 atom stereocenters. The number of carbonyl (C=O) groups excluding carboxylic acids is 1. The molecule has 0 saturated carbocycles. The highest BCUT2D eigenvalue weighted by Crippen LogP contribution is 2.19. The Morgan fingerprint density at radius 3 is 2.81 bits per heavy atom. The summed E-state index contributed by atoms with van der Waals surface area (Å²) in [6.45, 7) is 6.88. The number of guanidine groups is 1. The van der Waals surface area contributed by atoms with Crippen LogP contribution in [0.15, 0.2) is 29.3 Å². The Labute approximate surface area is 161 Å². The molecule has 1 saturated heterocycles. The number of halogens is 1. The number of hydrogen-bond acceptors (Lipinski definition) is 3. The van der Waals surface area contributed by atoms with Crippen LogP contribution in [0.5, 0.6) is 0 Å². The molecule has 7 heteroatoms. The maximum Gasteiger partial charge on any atom is 0.217 e. The Morgan fingerprint density at radius 1 is 1.41 bits per heavy atom. The largest absolute Gasteiger partial charge is 0.370 e. The first-order chi connectivity index (χ1) is 13.0. The number of rotatable bonds is 8. The van der Waals surface area contributed by atoms with E-state index >= 15 is 0 Å². The Bertz CT molecular complexity index is 619. The number of nitrogens with zero attached hydrogens (tertiary/aromatic N) is 3. The van der Waals surface area contributed by atoms with Gasteiger partial charge in [0.1, 0.15) is 5.82 Å². The van der Waals surface area contributed by atoms with Crippen LogP contribution in [0.2, 0.25) is 0 Å². The Balaban J connectivity index is 1.86. The van der Waals surface area contributed by atoms with Crippen molar-refractivity contribution in [1.82, 2.24) is 15.1 Å². The van der Waals surface area contributed by atoms with Gasteiger partial charge < -0.3 is 20.9 Å². The number of carbonyl (C=O) groups is 1. The van der Waals surface area contributed by atoms with Gasteiger partial charge >= 0.3 is 0 Å². The lowest BCUT2D eigenvalue weighted by molar-refractivity contribution is -0.119. The van der Waals surface area contributed by atoms with Crippen molar-refractivity contribution in [2.75, 3.05) is 39.8 Å². The number of benzene rings is 1. The van der Waals surface area contributed by atoms with E-state index in [2.05, 4.69) is 22.0 Å². The predicted octanol–water partition coefficient (Wildman–Crippen LogP) is 1.81. The minimum Gasteiger partial charge on any atom is -0.370 e. The van der Waals surface area contributed by atoms with Crippen LogP contribution < -0.4 is 11.1 Å². The zero-order valence-electron chi connectivity index (χ0n) is 16.5. The number of likely N-dealkylation sites (tertiary alicyclic amines) is 1. The summed E-state index contributed by atoms with van der Waals surface area (Å²) in [5.74, 6) is 0.770. The summed E-state index contributed by atoms with van der Waals surface area (Å²) < 4.78 is 13.0. The molecule has 27 heavy (non-hydrogen) atoms. The molecule has 1 amide bonds. The number of hydrogen-bond donors (Lipinski definition) is 2. The molecule has 1 unspecified atom stereocenters. The molecule has 1 aromatic carbocycles. The van der Waals surface area contributed by atoms with E-state index in [0.29, 0.717) is 18.9 Å². The summed E-state index contributed by atoms with van der Waals surface area (Å²) in [6, 6.07) is 6.60. The first-order valence-corrected chi connectivity index (χ1v) is 9.72. The normalized spacial score (nSPS) is 18.0. The summed E-state index contributed by atoms with van der Waals surface area (Å²) in [6.07, 6.45) is 2.53. The SMILES string of the molecule is CCNC(=NCCN(C)Cc1ccc(F)cc1)N1CCCC(CC(N)=O)C1. The molecule has 1 aromatic rings. The van der Waals surface area contributed by atoms with E-state index in [1.807, 2.05) is 19.2 Å². The molecular weight excluding hydrogens is 345 g/mol. The van der Waals surface area contributed by atoms with Gasteiger partial charge in [-0.15, -0.1) is 0 Å². The van der Waals surface area contributed by atoms with E-state index < -0.39 is 0 Å². The van der Waals surface area contributed by atoms with E-state index in [1.54, 1.807) is 0 Å². The maximum absolute atomic E-state index is 13.0. The van der Waals surface area contributed by atoms with E-state index in [1.165, 1.54) is 12.1 Å². The van der Waals surface area contributed by atoms with E-state index in [4.69, 9.17) is 10.7 Å². The van der Waals surface area contributed by atoms with Crippen molar-refractivity contribution in [3.8, 4) is 0 Å². The second-order valence-electron chi connectivity index (χ2n) is 7.22. The molecule has 0 aromatic heterocycles. The maximum atomic E-state index is 13.0. The van der Waals surface area contributed by atoms with E-state index in [0.717, 1.165) is 57.1 Å². The van der Waals surface area contributed by atoms with Gasteiger partial charge in [-0.05, 0) is 50.4 Å². The highest BCUT2D eigenvalue weighted by Gasteiger charge is 2.23. The standard InChI is InChI=1S/C20H32FN5O/c1-3-23-20(26-11-4-5-17(15-26)13-19(22)27)24-10-12-25(2)14-16-6-8-18(21)9-7-16/h6-9,17H,3-5,10-15H2,1-2H3,(H2,22,27)(H,23,24). The summed E-state index contributed by atoms with van der Waals surface area (Å²) >= 11 is 0. The van der Waals surface area contributed by atoms with Crippen molar-refractivity contribution < 1.29 is 9.18 Å². The fraction of sp³-hybridized carbons (Fsp3) is 0.600. The molecular formula is C20H32FN5O. The average Bonchev–Trinajstić information content (AvgIpc) is 2.62. The van der Waals surface area contributed by atoms with Crippen LogP contribution in [0.25, 0.3) is 0 Å². The second kappa shape index (κ2) is 10.9. The molecule has 0 bridgehead atoms. The lowest BCUT2D eigenvalue weighted by Gasteiger charge is -2.34. The fourth-order valence-electron chi connectivity index (χ4n) is 3.44. The average molecular weight is 378 g/mol. The van der Waals surface area contributed by atoms with Crippen LogP contribution in [0.3, 0.4) is 0 Å². The van der Waals surface area contributed by atoms with Crippen molar-refractivity contribution in [3.63, 3.8) is 0 Å². The molecule has 0 spiro atoms. The lowest BCUT2D eigenvalue weighted by atomic mass is 9.95. The summed E-state index contributed by atoms with van der Waals surface area (Å²) in [5.41, 5.74) is 6.44. The van der Waals surface area contributed by atoms with Gasteiger partial charge in [0.15, 0.2) is 5.96 Å². The minimum atomic E-state index is -0.230. The zero-order chi connectivity index (χ0) is 19.6. The summed E-state index contributed by atoms with van der Waals surface area (Å²) in [4.78, 5) is 20.4. The van der Waals surface area contributed by atoms with Gasteiger partial charge in [0.25, 0.3) is 0 Å². The zero-order valence-corrected chi connectivity index (χ0v) is 16.5. The highest BCUT2D eigenvalue weighted by atomic mass is 19.1. The molecule has 150 valence electrons. The number of likely N-dealkylation sites (N-methyl/N-ethyl adjacent to an activating group) is 1. The molecule has 2 rings (SSSR count). The molecule has 3 N–H and O–H groups in total. The number of primary amides is 1. The molecule has 1 aliphatic rings. The van der Waals surface area contributed by atoms with Crippen LogP contribution in [0, 0.1) is 11.7 Å². The first kappa shape index (κ1) is 21.2. The van der Waals surface area contributed by atoms with Gasteiger partial charge in [-0.25, -0.2) is 4.39 Å². The third-order valence-corrected chi connectivity index (χ3v) is 4.75. The van der Waals surface area contributed by atoms with Crippen LogP contribution >= 0.6 is 0 Å². The Hall–Kier alpha value is -2.15. The highest BCUT2D eigenvalue weighted by molar-refractivity contribution is 5.80. The smallest absolute Gasteiger partial charge is 0.217 e. The number of amides is 1. The number of nitrogens with one attached hydrogen (secondary N) is 1. The van der Waals surface area contributed by atoms with Gasteiger partial charge in [-0.1, -0.05) is 12.1 Å². The molecule has 1 heterocycles. The molecule has 6 nitrogen and oxygen atoms in total. The van der Waals surface area contributed by atoms with Gasteiger partial charge in [0, 0.05) is 39.1 Å². The molecule has 0 radical (unpaired) electrons. The van der Waals surface area contributed by atoms with Crippen molar-refractivity contribution in [2.45, 2.75) is 32.7 Å². The van der Waals surface area contributed by atoms with Gasteiger partial charge in [0.2, 0.25) is 5.91 Å². The van der Waals surface area contributed by atoms with Crippen LogP contribution in [-0.2, 0) is 11.3 Å². The van der Waals surface area contributed by atoms with Crippen molar-refractivity contribution in [1.29, 1.82) is 0 Å². The molecule has 0 aliphatic carbocycles. The van der Waals surface area contributed by atoms with E-state index in [-0.39, 0.29) is 11.7 Å². The fourth-order valence-corrected chi connectivity index (χ4v) is 3.44. The first-order valence-electron chi connectivity index (χ1n) is 9.72. The molecule has 1 fully saturated rings. The van der Waals surface area contributed by atoms with Crippen molar-refractivity contribution >= 4 is 11.9 Å². The monoisotopic (exact) mass is 377 g/mol. The Kier molecular flexibility index (Phi) is 8.51. The van der Waals surface area contributed by atoms with Crippen LogP contribution in [0.1, 0.15) is 31.7 Å². The van der Waals surface area contributed by atoms with Gasteiger partial charge in [-0.3, -0.25) is 9.79 Å². The van der Waals surface area contributed by atoms with Crippen molar-refractivity contribution in [3.05, 3.63) is 35.6 Å². The Morgan fingerprint density at radius 2 is 2.15 bits per heavy atom. The predicted molar refractivity (Wildman–Crippen MR) is 107 cm³/mol. The summed E-state index contributed by atoms with van der Waals surface area (Å²) in [5, 5.41) is 3.36. The molecule has 1 aliphatic heterocycles. The number of piperidine rings is 1. The second-order valence-corrected chi connectivity index (χ2v) is 7.22. The van der Waals surface area contributed by atoms with E-state index in [9.17, 15) is 9.18 Å². The van der Waals surface area contributed by atoms with Crippen molar-refractivity contribution in [2.24, 2.45) is 16.6 Å². The van der Waals surface area contributed by atoms with Crippen LogP contribution in [-0.4, -0.2) is 61.4 Å². The topological polar surface area (TPSA) is 74.0 Å². The minimum absolute atomic E-state index is 0.211. The van der Waals surface area contributed by atoms with Gasteiger partial charge in [-0.2, -0.15) is 0 Å². The summed E-state index contributed by atoms with van der Waals surface area (Å²) in [7, 11) is 2.04. The third-order valence-electron chi connectivity index (χ3n) is 4.75. The third kappa shape index (κ3) is 7.54. The van der Waals surface area contributed by atoms with Gasteiger partial charge in [0.05, 0.1) is 6.54 Å². The number of aliphatic imine (C=N–C) groups is 1. The number of nitrogens with two attached hydrogens (primary N) is 1.